The zero-order chi connectivity index (χ0) is 17.0. The maximum absolute atomic E-state index is 12.0. The molecule has 6 nitrogen and oxygen atoms in total. The zero-order valence-corrected chi connectivity index (χ0v) is 13.4. The van der Waals surface area contributed by atoms with Gasteiger partial charge in [0.2, 0.25) is 5.91 Å². The van der Waals surface area contributed by atoms with Crippen LogP contribution in [0.5, 0.6) is 0 Å². The summed E-state index contributed by atoms with van der Waals surface area (Å²) in [5.41, 5.74) is 1.29. The minimum Gasteiger partial charge on any atom is -0.481 e. The SMILES string of the molecule is O=C(CC1(C(=O)O)CCC1)NCc1ccc(Cn2cccn2)cc1. The van der Waals surface area contributed by atoms with Crippen LogP contribution in [0.25, 0.3) is 0 Å². The highest BCUT2D eigenvalue weighted by atomic mass is 16.4. The number of nitrogens with one attached hydrogen (secondary N) is 1. The molecule has 1 aliphatic rings. The number of rotatable bonds is 7. The molecule has 0 bridgehead atoms. The highest BCUT2D eigenvalue weighted by Crippen LogP contribution is 2.44. The summed E-state index contributed by atoms with van der Waals surface area (Å²) in [4.78, 5) is 23.3. The van der Waals surface area contributed by atoms with Crippen molar-refractivity contribution in [2.24, 2.45) is 5.41 Å². The maximum Gasteiger partial charge on any atom is 0.310 e. The largest absolute Gasteiger partial charge is 0.481 e. The molecule has 0 aliphatic heterocycles. The van der Waals surface area contributed by atoms with Crippen molar-refractivity contribution in [3.8, 4) is 0 Å². The number of hydrogen-bond acceptors (Lipinski definition) is 3. The Morgan fingerprint density at radius 2 is 1.92 bits per heavy atom. The number of hydrogen-bond donors (Lipinski definition) is 2. The topological polar surface area (TPSA) is 84.2 Å². The Labute approximate surface area is 140 Å². The Balaban J connectivity index is 1.49. The number of carboxylic acid groups (broad SMARTS) is 1. The molecule has 1 amide bonds. The van der Waals surface area contributed by atoms with E-state index in [4.69, 9.17) is 0 Å². The molecule has 0 radical (unpaired) electrons. The lowest BCUT2D eigenvalue weighted by molar-refractivity contribution is -0.157. The monoisotopic (exact) mass is 327 g/mol. The van der Waals surface area contributed by atoms with Gasteiger partial charge in [-0.25, -0.2) is 0 Å². The highest BCUT2D eigenvalue weighted by molar-refractivity contribution is 5.85. The van der Waals surface area contributed by atoms with E-state index < -0.39 is 11.4 Å². The van der Waals surface area contributed by atoms with Gasteiger partial charge in [0.25, 0.3) is 0 Å². The molecule has 0 atom stereocenters. The summed E-state index contributed by atoms with van der Waals surface area (Å²) in [6, 6.07) is 9.84. The van der Waals surface area contributed by atoms with E-state index in [2.05, 4.69) is 10.4 Å². The van der Waals surface area contributed by atoms with Crippen LogP contribution in [0.15, 0.2) is 42.7 Å². The minimum absolute atomic E-state index is 0.0692. The van der Waals surface area contributed by atoms with Gasteiger partial charge in [0, 0.05) is 25.4 Å². The van der Waals surface area contributed by atoms with Crippen molar-refractivity contribution in [3.63, 3.8) is 0 Å². The van der Waals surface area contributed by atoms with Crippen LogP contribution < -0.4 is 5.32 Å². The number of benzene rings is 1. The van der Waals surface area contributed by atoms with Crippen molar-refractivity contribution in [1.82, 2.24) is 15.1 Å². The maximum atomic E-state index is 12.0. The first kappa shape index (κ1) is 16.2. The fraction of sp³-hybridized carbons (Fsp3) is 0.389. The predicted molar refractivity (Wildman–Crippen MR) is 88.2 cm³/mol. The molecule has 0 unspecified atom stereocenters. The molecule has 1 fully saturated rings. The van der Waals surface area contributed by atoms with Gasteiger partial charge in [0.1, 0.15) is 0 Å². The average Bonchev–Trinajstić information content (AvgIpc) is 3.03. The summed E-state index contributed by atoms with van der Waals surface area (Å²) in [6.45, 7) is 1.12. The van der Waals surface area contributed by atoms with Crippen molar-refractivity contribution in [2.75, 3.05) is 0 Å². The molecule has 3 rings (SSSR count). The molecule has 0 saturated heterocycles. The summed E-state index contributed by atoms with van der Waals surface area (Å²) >= 11 is 0. The number of amides is 1. The van der Waals surface area contributed by atoms with Gasteiger partial charge in [-0.05, 0) is 30.0 Å². The van der Waals surface area contributed by atoms with E-state index in [1.807, 2.05) is 41.2 Å². The molecule has 0 spiro atoms. The van der Waals surface area contributed by atoms with E-state index in [-0.39, 0.29) is 12.3 Å². The standard InChI is InChI=1S/C18H21N3O3/c22-16(11-18(17(23)24)7-1-8-18)19-12-14-3-5-15(6-4-14)13-21-10-2-9-20-21/h2-6,9-10H,1,7-8,11-13H2,(H,19,22)(H,23,24). The van der Waals surface area contributed by atoms with Gasteiger partial charge in [0.15, 0.2) is 0 Å². The Hall–Kier alpha value is -2.63. The average molecular weight is 327 g/mol. The van der Waals surface area contributed by atoms with E-state index in [0.29, 0.717) is 25.9 Å². The summed E-state index contributed by atoms with van der Waals surface area (Å²) in [5, 5.41) is 16.3. The molecule has 1 aliphatic carbocycles. The van der Waals surface area contributed by atoms with Crippen molar-refractivity contribution in [3.05, 3.63) is 53.9 Å². The lowest BCUT2D eigenvalue weighted by atomic mass is 9.66. The van der Waals surface area contributed by atoms with Gasteiger partial charge in [-0.2, -0.15) is 5.10 Å². The second kappa shape index (κ2) is 6.86. The number of aliphatic carboxylic acids is 1. The molecule has 1 aromatic carbocycles. The fourth-order valence-electron chi connectivity index (χ4n) is 2.98. The van der Waals surface area contributed by atoms with Gasteiger partial charge in [0.05, 0.1) is 12.0 Å². The van der Waals surface area contributed by atoms with Crippen molar-refractivity contribution in [1.29, 1.82) is 0 Å². The van der Waals surface area contributed by atoms with Gasteiger partial charge in [-0.1, -0.05) is 30.7 Å². The summed E-state index contributed by atoms with van der Waals surface area (Å²) in [6.07, 6.45) is 5.80. The first-order valence-corrected chi connectivity index (χ1v) is 8.13. The number of aromatic nitrogens is 2. The van der Waals surface area contributed by atoms with Crippen LogP contribution in [0.2, 0.25) is 0 Å². The molecule has 2 N–H and O–H groups in total. The van der Waals surface area contributed by atoms with Crippen molar-refractivity contribution in [2.45, 2.75) is 38.8 Å². The highest BCUT2D eigenvalue weighted by Gasteiger charge is 2.45. The third-order valence-corrected chi connectivity index (χ3v) is 4.68. The smallest absolute Gasteiger partial charge is 0.310 e. The molecule has 1 saturated carbocycles. The van der Waals surface area contributed by atoms with Crippen LogP contribution in [-0.2, 0) is 22.7 Å². The van der Waals surface area contributed by atoms with Gasteiger partial charge >= 0.3 is 5.97 Å². The molecule has 24 heavy (non-hydrogen) atoms. The molecule has 1 heterocycles. The number of carbonyl (C=O) groups excluding carboxylic acids is 1. The Bertz CT molecular complexity index is 704. The van der Waals surface area contributed by atoms with Crippen LogP contribution in [0.1, 0.15) is 36.8 Å². The van der Waals surface area contributed by atoms with E-state index >= 15 is 0 Å². The molecule has 2 aromatic rings. The summed E-state index contributed by atoms with van der Waals surface area (Å²) < 4.78 is 1.85. The molecule has 6 heteroatoms. The number of nitrogens with zero attached hydrogens (tertiary/aromatic N) is 2. The summed E-state index contributed by atoms with van der Waals surface area (Å²) in [5.74, 6) is -1.05. The van der Waals surface area contributed by atoms with Gasteiger partial charge < -0.3 is 10.4 Å². The van der Waals surface area contributed by atoms with Crippen LogP contribution >= 0.6 is 0 Å². The van der Waals surface area contributed by atoms with Crippen molar-refractivity contribution >= 4 is 11.9 Å². The van der Waals surface area contributed by atoms with Crippen LogP contribution in [0.3, 0.4) is 0 Å². The van der Waals surface area contributed by atoms with E-state index in [1.54, 1.807) is 6.20 Å². The second-order valence-corrected chi connectivity index (χ2v) is 6.41. The molecule has 1 aromatic heterocycles. The fourth-order valence-corrected chi connectivity index (χ4v) is 2.98. The third kappa shape index (κ3) is 3.64. The molecular formula is C18H21N3O3. The molecule has 126 valence electrons. The first-order chi connectivity index (χ1) is 11.6. The summed E-state index contributed by atoms with van der Waals surface area (Å²) in [7, 11) is 0. The second-order valence-electron chi connectivity index (χ2n) is 6.41. The lowest BCUT2D eigenvalue weighted by Crippen LogP contribution is -2.42. The normalized spacial score (nSPS) is 15.5. The Morgan fingerprint density at radius 1 is 1.21 bits per heavy atom. The first-order valence-electron chi connectivity index (χ1n) is 8.13. The third-order valence-electron chi connectivity index (χ3n) is 4.68. The van der Waals surface area contributed by atoms with E-state index in [1.165, 1.54) is 0 Å². The minimum atomic E-state index is -0.855. The lowest BCUT2D eigenvalue weighted by Gasteiger charge is -2.36. The number of carbonyl (C=O) groups is 2. The van der Waals surface area contributed by atoms with Crippen LogP contribution in [-0.4, -0.2) is 26.8 Å². The molecular weight excluding hydrogens is 306 g/mol. The van der Waals surface area contributed by atoms with Gasteiger partial charge in [-0.15, -0.1) is 0 Å². The van der Waals surface area contributed by atoms with Crippen molar-refractivity contribution < 1.29 is 14.7 Å². The van der Waals surface area contributed by atoms with Crippen LogP contribution in [0.4, 0.5) is 0 Å². The predicted octanol–water partition coefficient (Wildman–Crippen LogP) is 2.19. The van der Waals surface area contributed by atoms with E-state index in [0.717, 1.165) is 17.5 Å². The van der Waals surface area contributed by atoms with E-state index in [9.17, 15) is 14.7 Å². The quantitative estimate of drug-likeness (QED) is 0.816. The van der Waals surface area contributed by atoms with Crippen LogP contribution in [0, 0.1) is 5.41 Å². The zero-order valence-electron chi connectivity index (χ0n) is 13.4. The Morgan fingerprint density at radius 3 is 2.46 bits per heavy atom. The Kier molecular flexibility index (Phi) is 4.64. The number of carboxylic acids is 1. The van der Waals surface area contributed by atoms with Gasteiger partial charge in [-0.3, -0.25) is 14.3 Å².